The van der Waals surface area contributed by atoms with Crippen LogP contribution in [0, 0.1) is 18.3 Å². The topological polar surface area (TPSA) is 54.0 Å². The van der Waals surface area contributed by atoms with Gasteiger partial charge in [0.25, 0.3) is 0 Å². The van der Waals surface area contributed by atoms with E-state index in [2.05, 4.69) is 10.1 Å². The van der Waals surface area contributed by atoms with E-state index in [1.165, 1.54) is 6.92 Å². The molecule has 0 aliphatic carbocycles. The zero-order valence-corrected chi connectivity index (χ0v) is 9.13. The van der Waals surface area contributed by atoms with Crippen molar-refractivity contribution >= 4 is 17.2 Å². The highest BCUT2D eigenvalue weighted by Crippen LogP contribution is 2.33. The third-order valence-electron chi connectivity index (χ3n) is 2.20. The van der Waals surface area contributed by atoms with Gasteiger partial charge in [-0.25, -0.2) is 9.50 Å². The minimum Gasteiger partial charge on any atom is -0.222 e. The van der Waals surface area contributed by atoms with Crippen molar-refractivity contribution in [2.45, 2.75) is 13.1 Å². The molecule has 2 heterocycles. The molecule has 0 amide bonds. The van der Waals surface area contributed by atoms with Crippen molar-refractivity contribution in [3.8, 4) is 6.07 Å². The lowest BCUT2D eigenvalue weighted by atomic mass is 10.2. The summed E-state index contributed by atoms with van der Waals surface area (Å²) in [4.78, 5) is 3.41. The number of halogens is 4. The molecule has 2 aromatic rings. The van der Waals surface area contributed by atoms with E-state index in [-0.39, 0.29) is 21.9 Å². The molecule has 8 heteroatoms. The first-order valence-electron chi connectivity index (χ1n) is 4.37. The van der Waals surface area contributed by atoms with Crippen LogP contribution < -0.4 is 0 Å². The molecule has 0 radical (unpaired) electrons. The van der Waals surface area contributed by atoms with Crippen LogP contribution in [0.2, 0.25) is 5.15 Å². The molecule has 2 aromatic heterocycles. The minimum absolute atomic E-state index is 0.0580. The molecule has 17 heavy (non-hydrogen) atoms. The third-order valence-corrected chi connectivity index (χ3v) is 2.64. The Bertz CT molecular complexity index is 638. The van der Waals surface area contributed by atoms with Crippen LogP contribution in [0.5, 0.6) is 0 Å². The molecule has 0 aromatic carbocycles. The van der Waals surface area contributed by atoms with Gasteiger partial charge in [-0.2, -0.15) is 23.5 Å². The summed E-state index contributed by atoms with van der Waals surface area (Å²) in [5, 5.41) is 12.2. The summed E-state index contributed by atoms with van der Waals surface area (Å²) in [6.07, 6.45) is -3.50. The lowest BCUT2D eigenvalue weighted by Crippen LogP contribution is -2.13. The lowest BCUT2D eigenvalue weighted by Gasteiger charge is -2.11. The van der Waals surface area contributed by atoms with Crippen molar-refractivity contribution in [3.63, 3.8) is 0 Å². The average Bonchev–Trinajstić information content (AvgIpc) is 2.64. The van der Waals surface area contributed by atoms with E-state index in [1.54, 1.807) is 6.07 Å². The first kappa shape index (κ1) is 11.7. The van der Waals surface area contributed by atoms with E-state index in [0.29, 0.717) is 0 Å². The number of hydrogen-bond acceptors (Lipinski definition) is 3. The number of aromatic nitrogens is 3. The van der Waals surface area contributed by atoms with Crippen LogP contribution >= 0.6 is 11.6 Å². The predicted octanol–water partition coefficient (Wildman–Crippen LogP) is 2.58. The van der Waals surface area contributed by atoms with Gasteiger partial charge in [0.15, 0.2) is 11.3 Å². The van der Waals surface area contributed by atoms with Gasteiger partial charge in [0.2, 0.25) is 0 Å². The Morgan fingerprint density at radius 1 is 1.47 bits per heavy atom. The number of fused-ring (bicyclic) bond motifs is 1. The van der Waals surface area contributed by atoms with Gasteiger partial charge in [-0.1, -0.05) is 11.6 Å². The molecule has 0 atom stereocenters. The fourth-order valence-electron chi connectivity index (χ4n) is 1.39. The fourth-order valence-corrected chi connectivity index (χ4v) is 1.61. The van der Waals surface area contributed by atoms with Crippen LogP contribution in [0.4, 0.5) is 13.2 Å². The molecule has 0 bridgehead atoms. The SMILES string of the molecule is Cc1c(C(F)(F)F)nc2c(C#N)cnn2c1Cl. The Morgan fingerprint density at radius 2 is 2.12 bits per heavy atom. The van der Waals surface area contributed by atoms with Crippen LogP contribution in [0.3, 0.4) is 0 Å². The van der Waals surface area contributed by atoms with E-state index < -0.39 is 11.9 Å². The molecule has 4 nitrogen and oxygen atoms in total. The van der Waals surface area contributed by atoms with E-state index in [4.69, 9.17) is 16.9 Å². The Kier molecular flexibility index (Phi) is 2.47. The Balaban J connectivity index is 2.89. The zero-order chi connectivity index (χ0) is 12.8. The molecular formula is C9H4ClF3N4. The summed E-state index contributed by atoms with van der Waals surface area (Å²) in [5.41, 5.74) is -1.58. The van der Waals surface area contributed by atoms with Gasteiger partial charge in [-0.15, -0.1) is 0 Å². The monoisotopic (exact) mass is 260 g/mol. The van der Waals surface area contributed by atoms with Gasteiger partial charge in [-0.05, 0) is 6.92 Å². The fraction of sp³-hybridized carbons (Fsp3) is 0.222. The predicted molar refractivity (Wildman–Crippen MR) is 52.5 cm³/mol. The van der Waals surface area contributed by atoms with Crippen LogP contribution in [-0.4, -0.2) is 14.6 Å². The van der Waals surface area contributed by atoms with E-state index >= 15 is 0 Å². The summed E-state index contributed by atoms with van der Waals surface area (Å²) in [5.74, 6) is 0. The average molecular weight is 261 g/mol. The molecule has 0 aliphatic rings. The van der Waals surface area contributed by atoms with Crippen LogP contribution in [0.15, 0.2) is 6.20 Å². The van der Waals surface area contributed by atoms with Crippen LogP contribution in [0.25, 0.3) is 5.65 Å². The molecule has 0 spiro atoms. The van der Waals surface area contributed by atoms with Gasteiger partial charge in [0, 0.05) is 5.56 Å². The van der Waals surface area contributed by atoms with Crippen molar-refractivity contribution in [2.75, 3.05) is 0 Å². The summed E-state index contributed by atoms with van der Waals surface area (Å²) >= 11 is 5.76. The van der Waals surface area contributed by atoms with E-state index in [9.17, 15) is 13.2 Å². The second-order valence-corrected chi connectivity index (χ2v) is 3.64. The quantitative estimate of drug-likeness (QED) is 0.684. The Labute approximate surface area is 98.2 Å². The maximum Gasteiger partial charge on any atom is 0.433 e. The molecule has 0 fully saturated rings. The van der Waals surface area contributed by atoms with Gasteiger partial charge < -0.3 is 0 Å². The van der Waals surface area contributed by atoms with Crippen molar-refractivity contribution in [3.05, 3.63) is 28.2 Å². The molecule has 0 aliphatic heterocycles. The highest BCUT2D eigenvalue weighted by Gasteiger charge is 2.36. The zero-order valence-electron chi connectivity index (χ0n) is 8.38. The van der Waals surface area contributed by atoms with Gasteiger partial charge in [-0.3, -0.25) is 0 Å². The van der Waals surface area contributed by atoms with Crippen molar-refractivity contribution < 1.29 is 13.2 Å². The second-order valence-electron chi connectivity index (χ2n) is 3.28. The molecule has 0 saturated carbocycles. The Hall–Kier alpha value is -1.81. The first-order chi connectivity index (χ1) is 7.86. The maximum absolute atomic E-state index is 12.7. The van der Waals surface area contributed by atoms with Crippen LogP contribution in [-0.2, 0) is 6.18 Å². The number of alkyl halides is 3. The third kappa shape index (κ3) is 1.70. The normalized spacial score (nSPS) is 11.8. The number of hydrogen-bond donors (Lipinski definition) is 0. The van der Waals surface area contributed by atoms with Crippen molar-refractivity contribution in [1.29, 1.82) is 5.26 Å². The summed E-state index contributed by atoms with van der Waals surface area (Å²) in [6, 6.07) is 1.70. The minimum atomic E-state index is -4.62. The standard InChI is InChI=1S/C9H4ClF3N4/c1-4-6(9(11,12)13)16-8-5(2-14)3-15-17(8)7(4)10/h3H,1H3. The second kappa shape index (κ2) is 3.60. The molecule has 2 rings (SSSR count). The number of rotatable bonds is 0. The number of nitrogens with zero attached hydrogens (tertiary/aromatic N) is 4. The maximum atomic E-state index is 12.7. The van der Waals surface area contributed by atoms with Crippen LogP contribution in [0.1, 0.15) is 16.8 Å². The van der Waals surface area contributed by atoms with E-state index in [1.807, 2.05) is 0 Å². The highest BCUT2D eigenvalue weighted by atomic mass is 35.5. The van der Waals surface area contributed by atoms with Gasteiger partial charge in [0.1, 0.15) is 16.8 Å². The molecule has 0 N–H and O–H groups in total. The molecule has 88 valence electrons. The molecule has 0 saturated heterocycles. The summed E-state index contributed by atoms with van der Waals surface area (Å²) < 4.78 is 39.0. The first-order valence-corrected chi connectivity index (χ1v) is 4.75. The Morgan fingerprint density at radius 3 is 2.65 bits per heavy atom. The van der Waals surface area contributed by atoms with Gasteiger partial charge >= 0.3 is 6.18 Å². The summed E-state index contributed by atoms with van der Waals surface area (Å²) in [6.45, 7) is 1.20. The molecule has 0 unspecified atom stereocenters. The van der Waals surface area contributed by atoms with E-state index in [0.717, 1.165) is 10.7 Å². The summed E-state index contributed by atoms with van der Waals surface area (Å²) in [7, 11) is 0. The van der Waals surface area contributed by atoms with Gasteiger partial charge in [0.05, 0.1) is 6.20 Å². The van der Waals surface area contributed by atoms with Crippen molar-refractivity contribution in [2.24, 2.45) is 0 Å². The lowest BCUT2D eigenvalue weighted by molar-refractivity contribution is -0.141. The highest BCUT2D eigenvalue weighted by molar-refractivity contribution is 6.30. The number of nitriles is 1. The largest absolute Gasteiger partial charge is 0.433 e. The smallest absolute Gasteiger partial charge is 0.222 e. The molecular weight excluding hydrogens is 257 g/mol. The van der Waals surface area contributed by atoms with Crippen molar-refractivity contribution in [1.82, 2.24) is 14.6 Å².